The number of ether oxygens (including phenoxy) is 1. The number of hydrogen-bond donors (Lipinski definition) is 1. The average Bonchev–Trinajstić information content (AvgIpc) is 3.27. The Morgan fingerprint density at radius 1 is 0.914 bits per heavy atom. The standard InChI is InChI=1S/C29H39NO5/c1-3-5-6-7-8-9-10-11-12-13-27(31)25-20-26(29(33)34)30(22-25)21-24-16-14-23(15-17-24)18-19-28(32)35-4-2/h14-20,22H,3-13,21H2,1-2H3,(H,33,34). The van der Waals surface area contributed by atoms with Gasteiger partial charge in [-0.3, -0.25) is 4.79 Å². The Hall–Kier alpha value is -3.15. The van der Waals surface area contributed by atoms with Crippen molar-refractivity contribution in [2.45, 2.75) is 84.6 Å². The van der Waals surface area contributed by atoms with Crippen LogP contribution in [0.5, 0.6) is 0 Å². The highest BCUT2D eigenvalue weighted by Crippen LogP contribution is 2.17. The summed E-state index contributed by atoms with van der Waals surface area (Å²) in [5.41, 5.74) is 2.29. The second-order valence-electron chi connectivity index (χ2n) is 8.88. The van der Waals surface area contributed by atoms with Crippen LogP contribution in [0.1, 0.15) is 110 Å². The number of nitrogens with zero attached hydrogens (tertiary/aromatic N) is 1. The van der Waals surface area contributed by atoms with E-state index in [9.17, 15) is 19.5 Å². The number of unbranched alkanes of at least 4 members (excludes halogenated alkanes) is 8. The Morgan fingerprint density at radius 3 is 2.14 bits per heavy atom. The Bertz CT molecular complexity index is 971. The lowest BCUT2D eigenvalue weighted by Crippen LogP contribution is -2.08. The normalized spacial score (nSPS) is 11.1. The van der Waals surface area contributed by atoms with Gasteiger partial charge in [0, 0.05) is 30.8 Å². The van der Waals surface area contributed by atoms with E-state index < -0.39 is 11.9 Å². The van der Waals surface area contributed by atoms with Crippen LogP contribution in [0.3, 0.4) is 0 Å². The van der Waals surface area contributed by atoms with Crippen molar-refractivity contribution in [3.63, 3.8) is 0 Å². The van der Waals surface area contributed by atoms with E-state index in [4.69, 9.17) is 4.74 Å². The van der Waals surface area contributed by atoms with Crippen LogP contribution in [0, 0.1) is 0 Å². The zero-order valence-corrected chi connectivity index (χ0v) is 21.1. The summed E-state index contributed by atoms with van der Waals surface area (Å²) in [6, 6.07) is 8.94. The van der Waals surface area contributed by atoms with Gasteiger partial charge in [-0.15, -0.1) is 0 Å². The number of aromatic nitrogens is 1. The molecular weight excluding hydrogens is 442 g/mol. The maximum atomic E-state index is 12.7. The van der Waals surface area contributed by atoms with Crippen molar-refractivity contribution in [2.75, 3.05) is 6.61 Å². The fraction of sp³-hybridized carbons (Fsp3) is 0.483. The number of esters is 1. The van der Waals surface area contributed by atoms with Gasteiger partial charge in [0.1, 0.15) is 5.69 Å². The Balaban J connectivity index is 1.88. The molecule has 0 saturated carbocycles. The molecule has 0 saturated heterocycles. The molecule has 0 fully saturated rings. The lowest BCUT2D eigenvalue weighted by molar-refractivity contribution is -0.137. The van der Waals surface area contributed by atoms with Gasteiger partial charge in [-0.25, -0.2) is 9.59 Å². The molecule has 0 amide bonds. The number of benzene rings is 1. The minimum absolute atomic E-state index is 0.00588. The van der Waals surface area contributed by atoms with E-state index in [1.807, 2.05) is 24.3 Å². The van der Waals surface area contributed by atoms with Crippen molar-refractivity contribution in [3.05, 3.63) is 65.0 Å². The molecule has 2 aromatic rings. The first-order valence-corrected chi connectivity index (χ1v) is 12.8. The zero-order chi connectivity index (χ0) is 25.5. The molecule has 0 aliphatic rings. The highest BCUT2D eigenvalue weighted by atomic mass is 16.5. The van der Waals surface area contributed by atoms with Gasteiger partial charge < -0.3 is 14.4 Å². The van der Waals surface area contributed by atoms with E-state index in [0.717, 1.165) is 30.4 Å². The maximum Gasteiger partial charge on any atom is 0.352 e. The fourth-order valence-corrected chi connectivity index (χ4v) is 4.00. The van der Waals surface area contributed by atoms with Crippen molar-refractivity contribution < 1.29 is 24.2 Å². The molecule has 0 aliphatic heterocycles. The Morgan fingerprint density at radius 2 is 1.54 bits per heavy atom. The number of hydrogen-bond acceptors (Lipinski definition) is 4. The summed E-state index contributed by atoms with van der Waals surface area (Å²) in [4.78, 5) is 35.8. The van der Waals surface area contributed by atoms with Gasteiger partial charge in [0.05, 0.1) is 6.61 Å². The van der Waals surface area contributed by atoms with Crippen LogP contribution in [0.2, 0.25) is 0 Å². The van der Waals surface area contributed by atoms with Crippen LogP contribution in [0.25, 0.3) is 6.08 Å². The van der Waals surface area contributed by atoms with Crippen molar-refractivity contribution in [1.82, 2.24) is 4.57 Å². The number of carbonyl (C=O) groups excluding carboxylic acids is 2. The minimum Gasteiger partial charge on any atom is -0.477 e. The number of ketones is 1. The molecular formula is C29H39NO5. The number of carboxylic acid groups (broad SMARTS) is 1. The predicted molar refractivity (Wildman–Crippen MR) is 139 cm³/mol. The van der Waals surface area contributed by atoms with Gasteiger partial charge in [0.25, 0.3) is 0 Å². The van der Waals surface area contributed by atoms with Gasteiger partial charge in [-0.05, 0) is 36.6 Å². The van der Waals surface area contributed by atoms with Crippen molar-refractivity contribution in [3.8, 4) is 0 Å². The molecule has 2 rings (SSSR count). The van der Waals surface area contributed by atoms with E-state index >= 15 is 0 Å². The van der Waals surface area contributed by atoms with Crippen LogP contribution in [-0.4, -0.2) is 34.0 Å². The SMILES string of the molecule is CCCCCCCCCCCC(=O)c1cc(C(=O)O)n(Cc2ccc(C=CC(=O)OCC)cc2)c1. The molecule has 0 spiro atoms. The second kappa shape index (κ2) is 15.7. The smallest absolute Gasteiger partial charge is 0.352 e. The molecule has 0 unspecified atom stereocenters. The van der Waals surface area contributed by atoms with Crippen LogP contribution in [0.4, 0.5) is 0 Å². The number of Topliss-reactive ketones (excluding diaryl/α,β-unsaturated/α-hetero) is 1. The van der Waals surface area contributed by atoms with Crippen LogP contribution < -0.4 is 0 Å². The lowest BCUT2D eigenvalue weighted by atomic mass is 10.0. The summed E-state index contributed by atoms with van der Waals surface area (Å²) in [5, 5.41) is 9.61. The molecule has 1 aromatic heterocycles. The molecule has 35 heavy (non-hydrogen) atoms. The summed E-state index contributed by atoms with van der Waals surface area (Å²) in [7, 11) is 0. The van der Waals surface area contributed by atoms with Crippen LogP contribution in [0.15, 0.2) is 42.6 Å². The second-order valence-corrected chi connectivity index (χ2v) is 8.88. The molecule has 1 N–H and O–H groups in total. The van der Waals surface area contributed by atoms with Gasteiger partial charge in [-0.2, -0.15) is 0 Å². The first-order valence-electron chi connectivity index (χ1n) is 12.8. The number of carbonyl (C=O) groups is 3. The van der Waals surface area contributed by atoms with E-state index in [1.165, 1.54) is 50.7 Å². The summed E-state index contributed by atoms with van der Waals surface area (Å²) in [6.07, 6.45) is 15.8. The summed E-state index contributed by atoms with van der Waals surface area (Å²) in [5.74, 6) is -1.45. The third-order valence-corrected chi connectivity index (χ3v) is 5.98. The van der Waals surface area contributed by atoms with Crippen molar-refractivity contribution in [2.24, 2.45) is 0 Å². The van der Waals surface area contributed by atoms with Crippen LogP contribution >= 0.6 is 0 Å². The highest BCUT2D eigenvalue weighted by Gasteiger charge is 2.17. The molecule has 0 aliphatic carbocycles. The van der Waals surface area contributed by atoms with Crippen LogP contribution in [-0.2, 0) is 16.1 Å². The molecule has 0 radical (unpaired) electrons. The van der Waals surface area contributed by atoms with Gasteiger partial charge in [0.2, 0.25) is 0 Å². The third kappa shape index (κ3) is 10.3. The van der Waals surface area contributed by atoms with Crippen molar-refractivity contribution in [1.29, 1.82) is 0 Å². The number of aromatic carboxylic acids is 1. The monoisotopic (exact) mass is 481 g/mol. The number of carboxylic acids is 1. The largest absolute Gasteiger partial charge is 0.477 e. The molecule has 190 valence electrons. The van der Waals surface area contributed by atoms with E-state index in [2.05, 4.69) is 6.92 Å². The molecule has 0 bridgehead atoms. The molecule has 6 heteroatoms. The zero-order valence-electron chi connectivity index (χ0n) is 21.1. The molecule has 0 atom stereocenters. The average molecular weight is 482 g/mol. The van der Waals surface area contributed by atoms with E-state index in [0.29, 0.717) is 25.1 Å². The molecule has 1 heterocycles. The highest BCUT2D eigenvalue weighted by molar-refractivity contribution is 5.98. The maximum absolute atomic E-state index is 12.7. The lowest BCUT2D eigenvalue weighted by Gasteiger charge is -2.07. The summed E-state index contributed by atoms with van der Waals surface area (Å²) in [6.45, 7) is 4.64. The number of rotatable bonds is 17. The summed E-state index contributed by atoms with van der Waals surface area (Å²) >= 11 is 0. The topological polar surface area (TPSA) is 85.6 Å². The van der Waals surface area contributed by atoms with E-state index in [-0.39, 0.29) is 11.5 Å². The quantitative estimate of drug-likeness (QED) is 0.115. The minimum atomic E-state index is -1.05. The van der Waals surface area contributed by atoms with Crippen molar-refractivity contribution >= 4 is 23.8 Å². The Kier molecular flexibility index (Phi) is 12.6. The van der Waals surface area contributed by atoms with Gasteiger partial charge in [-0.1, -0.05) is 82.6 Å². The third-order valence-electron chi connectivity index (χ3n) is 5.98. The fourth-order valence-electron chi connectivity index (χ4n) is 4.00. The molecule has 6 nitrogen and oxygen atoms in total. The van der Waals surface area contributed by atoms with Gasteiger partial charge >= 0.3 is 11.9 Å². The predicted octanol–water partition coefficient (Wildman–Crippen LogP) is 6.91. The summed E-state index contributed by atoms with van der Waals surface area (Å²) < 4.78 is 6.48. The molecule has 1 aromatic carbocycles. The van der Waals surface area contributed by atoms with E-state index in [1.54, 1.807) is 23.8 Å². The first kappa shape index (κ1) is 28.1. The Labute approximate surface area is 209 Å². The van der Waals surface area contributed by atoms with Gasteiger partial charge in [0.15, 0.2) is 5.78 Å². The first-order chi connectivity index (χ1) is 16.9.